The number of hydrogen-bond acceptors (Lipinski definition) is 20. The lowest BCUT2D eigenvalue weighted by atomic mass is 10.0. The molecule has 0 aromatic rings. The fourth-order valence-corrected chi connectivity index (χ4v) is 2.33. The van der Waals surface area contributed by atoms with Gasteiger partial charge in [-0.05, 0) is 50.5 Å². The predicted octanol–water partition coefficient (Wildman–Crippen LogP) is -4.47. The molecular formula is C33H72N8O20S. The highest BCUT2D eigenvalue weighted by molar-refractivity contribution is 7.98. The Hall–Kier alpha value is -4.82. The molecule has 28 nitrogen and oxygen atoms in total. The van der Waals surface area contributed by atoms with Crippen LogP contribution in [0.3, 0.4) is 0 Å². The van der Waals surface area contributed by atoms with Crippen LogP contribution in [0.4, 0.5) is 0 Å². The standard InChI is InChI=1S/C6H13NO2.C5H9NO4.C5H11NO2S.C5H11NO2.C4H9NO3.C3H7NO3.C3H7NO2.C2H5NO2/c1-3-4(2)5(7)6(8)9;6-3(5(9)10)1-2-4(7)8;1-9-3-2-4(6)5(7)8;1-3(2)4(6)5(7)8;1-2(6)3(5)4(7)8;4-2(1-5)3(6)7;1-2(4)3(5)6;3-1-2(4)5/h4-5H,3,7H2,1-2H3,(H,8,9);3H,1-2,6H2,(H,7,8)(H,9,10);4H,2-3,6H2,1H3,(H,7,8);3-4H,6H2,1-2H3,(H,7,8);2-3,6H,5H2,1H3,(H,7,8);2,5H,1,4H2,(H,6,7);2H,4H2,1H3,(H,5,6);1,3H2,(H,4,5). The van der Waals surface area contributed by atoms with Crippen LogP contribution in [0.5, 0.6) is 0 Å². The van der Waals surface area contributed by atoms with Gasteiger partial charge in [-0.1, -0.05) is 34.1 Å². The Labute approximate surface area is 362 Å². The van der Waals surface area contributed by atoms with Gasteiger partial charge in [-0.3, -0.25) is 43.2 Å². The van der Waals surface area contributed by atoms with Gasteiger partial charge in [-0.25, -0.2) is 0 Å². The van der Waals surface area contributed by atoms with E-state index < -0.39 is 109 Å². The molecule has 0 saturated heterocycles. The van der Waals surface area contributed by atoms with Crippen molar-refractivity contribution < 1.29 is 99.3 Å². The quantitative estimate of drug-likeness (QED) is 0.0581. The molecule has 370 valence electrons. The third-order valence-electron chi connectivity index (χ3n) is 6.37. The average molecular weight is 933 g/mol. The molecule has 0 aromatic heterocycles. The second-order valence-electron chi connectivity index (χ2n) is 12.4. The SMILES string of the molecule is CC(C)C(N)C(=O)O.CC(N)C(=O)O.CC(O)C(N)C(=O)O.CCC(C)C(N)C(=O)O.CSCCC(N)C(=O)O.NC(CCC(=O)O)C(=O)O.NC(CO)C(=O)O.NCC(=O)O. The topological polar surface area (TPSA) is 584 Å². The Kier molecular flexibility index (Phi) is 56.8. The van der Waals surface area contributed by atoms with Crippen molar-refractivity contribution in [2.45, 2.75) is 116 Å². The summed E-state index contributed by atoms with van der Waals surface area (Å²) in [6.07, 6.45) is 2.09. The highest BCUT2D eigenvalue weighted by Gasteiger charge is 2.18. The molecule has 0 fully saturated rings. The van der Waals surface area contributed by atoms with Crippen LogP contribution >= 0.6 is 11.8 Å². The molecule has 0 amide bonds. The minimum Gasteiger partial charge on any atom is -0.481 e. The first-order chi connectivity index (χ1) is 28.0. The number of aliphatic carboxylic acids is 9. The van der Waals surface area contributed by atoms with Crippen LogP contribution in [-0.2, 0) is 43.2 Å². The third kappa shape index (κ3) is 64.3. The molecule has 0 saturated carbocycles. The van der Waals surface area contributed by atoms with Crippen LogP contribution < -0.4 is 45.9 Å². The number of aliphatic hydroxyl groups excluding tert-OH is 2. The van der Waals surface area contributed by atoms with E-state index in [-0.39, 0.29) is 31.2 Å². The molecule has 62 heavy (non-hydrogen) atoms. The van der Waals surface area contributed by atoms with E-state index in [4.69, 9.17) is 96.3 Å². The van der Waals surface area contributed by atoms with E-state index in [1.165, 1.54) is 13.8 Å². The van der Waals surface area contributed by atoms with Crippen LogP contribution in [-0.4, -0.2) is 183 Å². The monoisotopic (exact) mass is 932 g/mol. The van der Waals surface area contributed by atoms with Gasteiger partial charge >= 0.3 is 53.7 Å². The fourth-order valence-electron chi connectivity index (χ4n) is 1.84. The number of nitrogens with two attached hydrogens (primary N) is 8. The summed E-state index contributed by atoms with van der Waals surface area (Å²) in [6, 6.07) is -6.17. The molecule has 0 bridgehead atoms. The average Bonchev–Trinajstić information content (AvgIpc) is 3.18. The summed E-state index contributed by atoms with van der Waals surface area (Å²) in [5.41, 5.74) is 39.7. The van der Waals surface area contributed by atoms with Crippen LogP contribution in [0.1, 0.15) is 67.2 Å². The summed E-state index contributed by atoms with van der Waals surface area (Å²) in [5, 5.41) is 89.0. The summed E-state index contributed by atoms with van der Waals surface area (Å²) in [4.78, 5) is 88.5. The van der Waals surface area contributed by atoms with E-state index in [1.54, 1.807) is 25.6 Å². The Balaban J connectivity index is -0.0000000902. The molecular weight excluding hydrogens is 860 g/mol. The van der Waals surface area contributed by atoms with Gasteiger partial charge in [0, 0.05) is 6.42 Å². The van der Waals surface area contributed by atoms with Gasteiger partial charge in [-0.15, -0.1) is 0 Å². The number of carbonyl (C=O) groups is 9. The van der Waals surface area contributed by atoms with Gasteiger partial charge in [0.05, 0.1) is 19.3 Å². The lowest BCUT2D eigenvalue weighted by Gasteiger charge is -2.11. The van der Waals surface area contributed by atoms with Gasteiger partial charge in [0.15, 0.2) is 0 Å². The molecule has 0 aliphatic rings. The van der Waals surface area contributed by atoms with Crippen molar-refractivity contribution in [2.24, 2.45) is 57.7 Å². The third-order valence-corrected chi connectivity index (χ3v) is 7.01. The van der Waals surface area contributed by atoms with Gasteiger partial charge in [0.2, 0.25) is 0 Å². The van der Waals surface area contributed by atoms with E-state index in [9.17, 15) is 43.2 Å². The van der Waals surface area contributed by atoms with Crippen molar-refractivity contribution in [1.29, 1.82) is 0 Å². The Bertz CT molecular complexity index is 1230. The van der Waals surface area contributed by atoms with Crippen molar-refractivity contribution >= 4 is 65.5 Å². The number of rotatable bonds is 19. The van der Waals surface area contributed by atoms with Crippen LogP contribution in [0.25, 0.3) is 0 Å². The first-order valence-electron chi connectivity index (χ1n) is 17.8. The van der Waals surface area contributed by atoms with Crippen molar-refractivity contribution in [3.05, 3.63) is 0 Å². The van der Waals surface area contributed by atoms with E-state index in [0.29, 0.717) is 6.42 Å². The molecule has 0 aliphatic heterocycles. The highest BCUT2D eigenvalue weighted by atomic mass is 32.2. The molecule has 9 atom stereocenters. The highest BCUT2D eigenvalue weighted by Crippen LogP contribution is 2.04. The maximum Gasteiger partial charge on any atom is 0.323 e. The number of carboxylic acid groups (broad SMARTS) is 9. The van der Waals surface area contributed by atoms with Crippen molar-refractivity contribution in [1.82, 2.24) is 0 Å². The first kappa shape index (κ1) is 74.6. The summed E-state index contributed by atoms with van der Waals surface area (Å²) in [5.74, 6) is -8.34. The summed E-state index contributed by atoms with van der Waals surface area (Å²) < 4.78 is 0. The van der Waals surface area contributed by atoms with Crippen LogP contribution in [0.15, 0.2) is 0 Å². The molecule has 0 heterocycles. The zero-order valence-corrected chi connectivity index (χ0v) is 36.7. The Morgan fingerprint density at radius 2 is 0.839 bits per heavy atom. The molecule has 0 aliphatic carbocycles. The molecule has 29 heteroatoms. The molecule has 0 spiro atoms. The zero-order valence-electron chi connectivity index (χ0n) is 35.8. The van der Waals surface area contributed by atoms with Crippen molar-refractivity contribution in [3.63, 3.8) is 0 Å². The minimum absolute atomic E-state index is 0.0208. The van der Waals surface area contributed by atoms with E-state index in [2.05, 4.69) is 5.73 Å². The van der Waals surface area contributed by atoms with Gasteiger partial charge in [-0.2, -0.15) is 11.8 Å². The maximum absolute atomic E-state index is 10.2. The Morgan fingerprint density at radius 3 is 0.952 bits per heavy atom. The summed E-state index contributed by atoms with van der Waals surface area (Å²) in [6.45, 7) is 9.28. The van der Waals surface area contributed by atoms with Crippen LogP contribution in [0, 0.1) is 11.8 Å². The molecule has 0 rings (SSSR count). The smallest absolute Gasteiger partial charge is 0.323 e. The lowest BCUT2D eigenvalue weighted by Crippen LogP contribution is -2.39. The van der Waals surface area contributed by atoms with Gasteiger partial charge in [0.1, 0.15) is 42.3 Å². The fraction of sp³-hybridized carbons (Fsp3) is 0.727. The van der Waals surface area contributed by atoms with E-state index >= 15 is 0 Å². The van der Waals surface area contributed by atoms with E-state index in [1.807, 2.05) is 20.1 Å². The van der Waals surface area contributed by atoms with Crippen LogP contribution in [0.2, 0.25) is 0 Å². The second-order valence-corrected chi connectivity index (χ2v) is 13.4. The largest absolute Gasteiger partial charge is 0.481 e. The normalized spacial score (nSPS) is 13.8. The van der Waals surface area contributed by atoms with Gasteiger partial charge in [0.25, 0.3) is 0 Å². The minimum atomic E-state index is -1.18. The molecule has 27 N–H and O–H groups in total. The van der Waals surface area contributed by atoms with Crippen molar-refractivity contribution in [3.8, 4) is 0 Å². The molecule has 9 unspecified atom stereocenters. The predicted molar refractivity (Wildman–Crippen MR) is 225 cm³/mol. The second kappa shape index (κ2) is 47.2. The summed E-state index contributed by atoms with van der Waals surface area (Å²) in [7, 11) is 0. The number of hydrogen-bond donors (Lipinski definition) is 19. The number of carboxylic acids is 9. The maximum atomic E-state index is 10.2. The zero-order chi connectivity index (χ0) is 51.6. The molecule has 0 aromatic carbocycles. The first-order valence-corrected chi connectivity index (χ1v) is 19.2. The summed E-state index contributed by atoms with van der Waals surface area (Å²) >= 11 is 1.60. The number of aliphatic hydroxyl groups is 2. The van der Waals surface area contributed by atoms with Gasteiger partial charge < -0.3 is 102 Å². The van der Waals surface area contributed by atoms with E-state index in [0.717, 1.165) is 12.2 Å². The number of thioether (sulfide) groups is 1. The lowest BCUT2D eigenvalue weighted by molar-refractivity contribution is -0.141. The Morgan fingerprint density at radius 1 is 0.516 bits per heavy atom. The van der Waals surface area contributed by atoms with Crippen molar-refractivity contribution in [2.75, 3.05) is 25.2 Å². The molecule has 0 radical (unpaired) electrons.